The predicted octanol–water partition coefficient (Wildman–Crippen LogP) is 0.727. The second-order valence-corrected chi connectivity index (χ2v) is 4.06. The number of rotatable bonds is 4. The van der Waals surface area contributed by atoms with Crippen LogP contribution < -0.4 is 16.4 Å². The molecular weight excluding hydrogens is 237 g/mol. The molecule has 0 unspecified atom stereocenters. The van der Waals surface area contributed by atoms with Crippen molar-refractivity contribution in [3.63, 3.8) is 0 Å². The maximum atomic E-state index is 13.4. The summed E-state index contributed by atoms with van der Waals surface area (Å²) in [5, 5.41) is 4.78. The van der Waals surface area contributed by atoms with Gasteiger partial charge in [0.15, 0.2) is 0 Å². The SMILES string of the molecule is Cc1cc(CNCC(=O)NC(N)=O)cc(C)c1F. The number of primary amides is 1. The molecule has 18 heavy (non-hydrogen) atoms. The highest BCUT2D eigenvalue weighted by Crippen LogP contribution is 2.14. The molecule has 1 rings (SSSR count). The first-order valence-corrected chi connectivity index (χ1v) is 5.45. The van der Waals surface area contributed by atoms with Gasteiger partial charge in [-0.05, 0) is 30.5 Å². The fourth-order valence-electron chi connectivity index (χ4n) is 1.64. The van der Waals surface area contributed by atoms with Crippen molar-refractivity contribution < 1.29 is 14.0 Å². The zero-order valence-corrected chi connectivity index (χ0v) is 10.3. The Morgan fingerprint density at radius 1 is 1.28 bits per heavy atom. The number of urea groups is 1. The number of imide groups is 1. The van der Waals surface area contributed by atoms with Gasteiger partial charge < -0.3 is 11.1 Å². The Kier molecular flexibility index (Phi) is 4.79. The zero-order chi connectivity index (χ0) is 13.7. The van der Waals surface area contributed by atoms with E-state index in [1.165, 1.54) is 0 Å². The van der Waals surface area contributed by atoms with Crippen molar-refractivity contribution in [1.82, 2.24) is 10.6 Å². The molecule has 0 aliphatic heterocycles. The quantitative estimate of drug-likeness (QED) is 0.739. The molecule has 6 heteroatoms. The third kappa shape index (κ3) is 4.14. The number of hydrogen-bond acceptors (Lipinski definition) is 3. The summed E-state index contributed by atoms with van der Waals surface area (Å²) >= 11 is 0. The highest BCUT2D eigenvalue weighted by molar-refractivity contribution is 5.94. The van der Waals surface area contributed by atoms with Crippen LogP contribution in [0.15, 0.2) is 12.1 Å². The van der Waals surface area contributed by atoms with Gasteiger partial charge in [-0.15, -0.1) is 0 Å². The summed E-state index contributed by atoms with van der Waals surface area (Å²) in [6.45, 7) is 3.75. The maximum Gasteiger partial charge on any atom is 0.318 e. The number of benzene rings is 1. The van der Waals surface area contributed by atoms with Crippen molar-refractivity contribution in [2.75, 3.05) is 6.54 Å². The van der Waals surface area contributed by atoms with Crippen molar-refractivity contribution >= 4 is 11.9 Å². The topological polar surface area (TPSA) is 84.2 Å². The van der Waals surface area contributed by atoms with Gasteiger partial charge in [-0.1, -0.05) is 12.1 Å². The lowest BCUT2D eigenvalue weighted by Gasteiger charge is -2.08. The minimum absolute atomic E-state index is 0.0294. The van der Waals surface area contributed by atoms with Crippen molar-refractivity contribution in [2.24, 2.45) is 5.73 Å². The summed E-state index contributed by atoms with van der Waals surface area (Å²) < 4.78 is 13.4. The molecule has 0 saturated heterocycles. The summed E-state index contributed by atoms with van der Waals surface area (Å²) in [5.41, 5.74) is 6.79. The third-order valence-corrected chi connectivity index (χ3v) is 2.37. The van der Waals surface area contributed by atoms with Gasteiger partial charge in [0, 0.05) is 6.54 Å². The Bertz CT molecular complexity index is 451. The average molecular weight is 253 g/mol. The van der Waals surface area contributed by atoms with Gasteiger partial charge in [0.25, 0.3) is 0 Å². The first-order chi connectivity index (χ1) is 8.40. The van der Waals surface area contributed by atoms with E-state index in [-0.39, 0.29) is 12.4 Å². The van der Waals surface area contributed by atoms with E-state index in [1.54, 1.807) is 26.0 Å². The van der Waals surface area contributed by atoms with Crippen LogP contribution in [0.2, 0.25) is 0 Å². The number of nitrogens with one attached hydrogen (secondary N) is 2. The molecule has 0 aliphatic carbocycles. The number of aryl methyl sites for hydroxylation is 2. The zero-order valence-electron chi connectivity index (χ0n) is 10.3. The van der Waals surface area contributed by atoms with Crippen LogP contribution in [0.3, 0.4) is 0 Å². The normalized spacial score (nSPS) is 10.2. The van der Waals surface area contributed by atoms with E-state index < -0.39 is 11.9 Å². The van der Waals surface area contributed by atoms with Crippen molar-refractivity contribution in [3.05, 3.63) is 34.6 Å². The molecule has 0 fully saturated rings. The third-order valence-electron chi connectivity index (χ3n) is 2.37. The lowest BCUT2D eigenvalue weighted by Crippen LogP contribution is -2.40. The van der Waals surface area contributed by atoms with E-state index in [9.17, 15) is 14.0 Å². The van der Waals surface area contributed by atoms with Gasteiger partial charge in [-0.3, -0.25) is 10.1 Å². The van der Waals surface area contributed by atoms with Gasteiger partial charge in [0.05, 0.1) is 6.54 Å². The monoisotopic (exact) mass is 253 g/mol. The number of hydrogen-bond donors (Lipinski definition) is 3. The number of carbonyl (C=O) groups is 2. The molecular formula is C12H16FN3O2. The van der Waals surface area contributed by atoms with Crippen LogP contribution in [0.1, 0.15) is 16.7 Å². The molecule has 1 aromatic rings. The number of amides is 3. The van der Waals surface area contributed by atoms with E-state index in [0.29, 0.717) is 17.7 Å². The summed E-state index contributed by atoms with van der Waals surface area (Å²) in [7, 11) is 0. The molecule has 0 saturated carbocycles. The van der Waals surface area contributed by atoms with Crippen molar-refractivity contribution in [3.8, 4) is 0 Å². The Hall–Kier alpha value is -1.95. The average Bonchev–Trinajstić information content (AvgIpc) is 2.24. The summed E-state index contributed by atoms with van der Waals surface area (Å²) in [5.74, 6) is -0.719. The van der Waals surface area contributed by atoms with Gasteiger partial charge >= 0.3 is 6.03 Å². The predicted molar refractivity (Wildman–Crippen MR) is 65.3 cm³/mol. The molecule has 98 valence electrons. The van der Waals surface area contributed by atoms with Crippen LogP contribution in [0.25, 0.3) is 0 Å². The van der Waals surface area contributed by atoms with E-state index >= 15 is 0 Å². The molecule has 0 aromatic heterocycles. The van der Waals surface area contributed by atoms with E-state index in [2.05, 4.69) is 5.32 Å². The number of nitrogens with two attached hydrogens (primary N) is 1. The molecule has 0 aliphatic rings. The molecule has 0 spiro atoms. The van der Waals surface area contributed by atoms with Crippen molar-refractivity contribution in [1.29, 1.82) is 0 Å². The van der Waals surface area contributed by atoms with Crippen LogP contribution in [-0.4, -0.2) is 18.5 Å². The largest absolute Gasteiger partial charge is 0.351 e. The Morgan fingerprint density at radius 3 is 2.33 bits per heavy atom. The molecule has 0 bridgehead atoms. The van der Waals surface area contributed by atoms with Crippen LogP contribution >= 0.6 is 0 Å². The van der Waals surface area contributed by atoms with Crippen molar-refractivity contribution in [2.45, 2.75) is 20.4 Å². The van der Waals surface area contributed by atoms with Gasteiger partial charge in [0.1, 0.15) is 5.82 Å². The number of carbonyl (C=O) groups excluding carboxylic acids is 2. The molecule has 0 atom stereocenters. The van der Waals surface area contributed by atoms with Gasteiger partial charge in [-0.2, -0.15) is 0 Å². The van der Waals surface area contributed by atoms with Gasteiger partial charge in [0.2, 0.25) is 5.91 Å². The van der Waals surface area contributed by atoms with E-state index in [4.69, 9.17) is 5.73 Å². The fourth-order valence-corrected chi connectivity index (χ4v) is 1.64. The first kappa shape index (κ1) is 14.1. The first-order valence-electron chi connectivity index (χ1n) is 5.45. The molecule has 1 aromatic carbocycles. The van der Waals surface area contributed by atoms with Crippen LogP contribution in [0.5, 0.6) is 0 Å². The Balaban J connectivity index is 2.49. The summed E-state index contributed by atoms with van der Waals surface area (Å²) in [6.07, 6.45) is 0. The Labute approximate surface area is 105 Å². The summed E-state index contributed by atoms with van der Waals surface area (Å²) in [4.78, 5) is 21.5. The second-order valence-electron chi connectivity index (χ2n) is 4.06. The molecule has 0 heterocycles. The van der Waals surface area contributed by atoms with E-state index in [0.717, 1.165) is 5.56 Å². The molecule has 0 radical (unpaired) electrons. The van der Waals surface area contributed by atoms with Crippen LogP contribution in [-0.2, 0) is 11.3 Å². The highest BCUT2D eigenvalue weighted by Gasteiger charge is 2.06. The van der Waals surface area contributed by atoms with Crippen LogP contribution in [0, 0.1) is 19.7 Å². The summed E-state index contributed by atoms with van der Waals surface area (Å²) in [6, 6.07) is 2.54. The van der Waals surface area contributed by atoms with E-state index in [1.807, 2.05) is 5.32 Å². The maximum absolute atomic E-state index is 13.4. The fraction of sp³-hybridized carbons (Fsp3) is 0.333. The lowest BCUT2D eigenvalue weighted by molar-refractivity contribution is -0.119. The second kappa shape index (κ2) is 6.11. The van der Waals surface area contributed by atoms with Gasteiger partial charge in [-0.25, -0.2) is 9.18 Å². The lowest BCUT2D eigenvalue weighted by atomic mass is 10.1. The molecule has 4 N–H and O–H groups in total. The standard InChI is InChI=1S/C12H16FN3O2/c1-7-3-9(4-8(2)11(7)13)5-15-6-10(17)16-12(14)18/h3-4,15H,5-6H2,1-2H3,(H3,14,16,17,18). The number of halogens is 1. The molecule has 5 nitrogen and oxygen atoms in total. The minimum Gasteiger partial charge on any atom is -0.351 e. The highest BCUT2D eigenvalue weighted by atomic mass is 19.1. The smallest absolute Gasteiger partial charge is 0.318 e. The van der Waals surface area contributed by atoms with Crippen LogP contribution in [0.4, 0.5) is 9.18 Å². The molecule has 3 amide bonds. The Morgan fingerprint density at radius 2 is 1.83 bits per heavy atom. The minimum atomic E-state index is -0.879.